The van der Waals surface area contributed by atoms with Crippen LogP contribution in [0, 0.1) is 6.92 Å². The minimum atomic E-state index is -0.149. The van der Waals surface area contributed by atoms with Crippen LogP contribution in [0.15, 0.2) is 30.3 Å². The molecule has 1 saturated carbocycles. The Balaban J connectivity index is 1.31. The number of nitrogens with zero attached hydrogens (tertiary/aromatic N) is 5. The zero-order valence-corrected chi connectivity index (χ0v) is 20.7. The van der Waals surface area contributed by atoms with Gasteiger partial charge in [-0.25, -0.2) is 9.97 Å². The Kier molecular flexibility index (Phi) is 6.04. The predicted molar refractivity (Wildman–Crippen MR) is 133 cm³/mol. The predicted octanol–water partition coefficient (Wildman–Crippen LogP) is 5.49. The molecule has 8 nitrogen and oxygen atoms in total. The molecule has 4 heterocycles. The molecule has 0 bridgehead atoms. The van der Waals surface area contributed by atoms with Gasteiger partial charge in [0, 0.05) is 23.8 Å². The number of rotatable bonds is 7. The summed E-state index contributed by atoms with van der Waals surface area (Å²) in [6.07, 6.45) is 5.25. The second-order valence-corrected chi connectivity index (χ2v) is 9.84. The summed E-state index contributed by atoms with van der Waals surface area (Å²) in [5.74, 6) is 1.83. The molecular formula is C26H28ClN5O3. The summed E-state index contributed by atoms with van der Waals surface area (Å²) >= 11 is 6.65. The molecule has 35 heavy (non-hydrogen) atoms. The normalized spacial score (nSPS) is 19.3. The van der Waals surface area contributed by atoms with E-state index in [4.69, 9.17) is 35.8 Å². The van der Waals surface area contributed by atoms with Crippen molar-refractivity contribution in [1.29, 1.82) is 0 Å². The Labute approximate surface area is 208 Å². The lowest BCUT2D eigenvalue weighted by Gasteiger charge is -2.26. The van der Waals surface area contributed by atoms with Gasteiger partial charge >= 0.3 is 0 Å². The van der Waals surface area contributed by atoms with Gasteiger partial charge in [-0.15, -0.1) is 10.2 Å². The van der Waals surface area contributed by atoms with Crippen LogP contribution >= 0.6 is 11.6 Å². The van der Waals surface area contributed by atoms with E-state index in [2.05, 4.69) is 16.3 Å². The Morgan fingerprint density at radius 1 is 1.09 bits per heavy atom. The first kappa shape index (κ1) is 22.6. The average molecular weight is 494 g/mol. The van der Waals surface area contributed by atoms with Crippen molar-refractivity contribution in [2.45, 2.75) is 64.3 Å². The van der Waals surface area contributed by atoms with Gasteiger partial charge in [0.15, 0.2) is 23.4 Å². The minimum absolute atomic E-state index is 0.103. The summed E-state index contributed by atoms with van der Waals surface area (Å²) in [4.78, 5) is 9.65. The molecule has 6 rings (SSSR count). The first-order valence-corrected chi connectivity index (χ1v) is 12.7. The molecule has 1 aromatic carbocycles. The quantitative estimate of drug-likeness (QED) is 0.336. The first-order valence-electron chi connectivity index (χ1n) is 12.3. The average Bonchev–Trinajstić information content (AvgIpc) is 3.62. The van der Waals surface area contributed by atoms with Gasteiger partial charge in [0.1, 0.15) is 17.9 Å². The van der Waals surface area contributed by atoms with Crippen molar-refractivity contribution in [2.75, 3.05) is 13.2 Å². The lowest BCUT2D eigenvalue weighted by molar-refractivity contribution is -0.189. The Hall–Kier alpha value is -2.81. The zero-order valence-electron chi connectivity index (χ0n) is 19.9. The maximum atomic E-state index is 6.65. The van der Waals surface area contributed by atoms with Gasteiger partial charge in [-0.1, -0.05) is 11.6 Å². The van der Waals surface area contributed by atoms with Gasteiger partial charge in [-0.2, -0.15) is 0 Å². The van der Waals surface area contributed by atoms with Crippen molar-refractivity contribution < 1.29 is 14.2 Å². The summed E-state index contributed by atoms with van der Waals surface area (Å²) < 4.78 is 19.7. The molecule has 1 aliphatic carbocycles. The fraction of sp³-hybridized carbons (Fsp3) is 0.462. The highest BCUT2D eigenvalue weighted by atomic mass is 35.5. The molecule has 0 amide bonds. The summed E-state index contributed by atoms with van der Waals surface area (Å²) in [7, 11) is 0. The van der Waals surface area contributed by atoms with Gasteiger partial charge in [0.2, 0.25) is 0 Å². The van der Waals surface area contributed by atoms with Crippen LogP contribution in [0.25, 0.3) is 28.2 Å². The van der Waals surface area contributed by atoms with E-state index in [1.54, 1.807) is 0 Å². The molecule has 4 aromatic rings. The standard InChI is InChI=1S/C26H28ClN5O3/c1-15(35-23-5-3-4-12-33-23)14-34-18-8-9-20(27)19(13-18)25-31-30-24-16(2)28-22-11-10-21(17-6-7-17)29-26(22)32(24)25/h8-11,13,15,17,23H,3-7,12,14H2,1-2H3. The lowest BCUT2D eigenvalue weighted by Crippen LogP contribution is -2.29. The van der Waals surface area contributed by atoms with Crippen LogP contribution in [0.3, 0.4) is 0 Å². The van der Waals surface area contributed by atoms with Crippen LogP contribution in [-0.2, 0) is 9.47 Å². The number of pyridine rings is 1. The molecule has 2 fully saturated rings. The monoisotopic (exact) mass is 493 g/mol. The van der Waals surface area contributed by atoms with E-state index in [0.717, 1.165) is 54.0 Å². The number of hydrogen-bond acceptors (Lipinski definition) is 7. The number of ether oxygens (including phenoxy) is 3. The molecule has 0 radical (unpaired) electrons. The molecular weight excluding hydrogens is 466 g/mol. The van der Waals surface area contributed by atoms with Gasteiger partial charge in [-0.3, -0.25) is 4.40 Å². The van der Waals surface area contributed by atoms with Crippen LogP contribution in [-0.4, -0.2) is 50.2 Å². The van der Waals surface area contributed by atoms with E-state index >= 15 is 0 Å². The first-order chi connectivity index (χ1) is 17.1. The van der Waals surface area contributed by atoms with Crippen molar-refractivity contribution >= 4 is 28.4 Å². The second-order valence-electron chi connectivity index (χ2n) is 9.43. The highest BCUT2D eigenvalue weighted by Gasteiger charge is 2.26. The fourth-order valence-electron chi connectivity index (χ4n) is 4.53. The maximum Gasteiger partial charge on any atom is 0.184 e. The Morgan fingerprint density at radius 3 is 2.77 bits per heavy atom. The van der Waals surface area contributed by atoms with E-state index in [1.807, 2.05) is 42.5 Å². The molecule has 1 saturated heterocycles. The minimum Gasteiger partial charge on any atom is -0.491 e. The summed E-state index contributed by atoms with van der Waals surface area (Å²) in [5.41, 5.74) is 4.82. The van der Waals surface area contributed by atoms with Crippen LogP contribution in [0.4, 0.5) is 0 Å². The number of benzene rings is 1. The molecule has 2 unspecified atom stereocenters. The molecule has 2 aliphatic rings. The van der Waals surface area contributed by atoms with Gasteiger partial charge < -0.3 is 14.2 Å². The fourth-order valence-corrected chi connectivity index (χ4v) is 4.74. The van der Waals surface area contributed by atoms with Crippen LogP contribution in [0.5, 0.6) is 5.75 Å². The third-order valence-corrected chi connectivity index (χ3v) is 6.87. The lowest BCUT2D eigenvalue weighted by atomic mass is 10.2. The summed E-state index contributed by atoms with van der Waals surface area (Å²) in [6.45, 7) is 5.08. The Morgan fingerprint density at radius 2 is 1.97 bits per heavy atom. The van der Waals surface area contributed by atoms with Crippen LogP contribution < -0.4 is 4.74 Å². The van der Waals surface area contributed by atoms with Gasteiger partial charge in [-0.05, 0) is 76.3 Å². The van der Waals surface area contributed by atoms with Crippen LogP contribution in [0.2, 0.25) is 5.02 Å². The van der Waals surface area contributed by atoms with Crippen molar-refractivity contribution in [3.8, 4) is 17.1 Å². The van der Waals surface area contributed by atoms with E-state index in [-0.39, 0.29) is 12.4 Å². The second kappa shape index (κ2) is 9.33. The summed E-state index contributed by atoms with van der Waals surface area (Å²) in [5, 5.41) is 9.48. The van der Waals surface area contributed by atoms with E-state index in [0.29, 0.717) is 34.8 Å². The molecule has 0 spiro atoms. The van der Waals surface area contributed by atoms with Crippen molar-refractivity contribution in [3.63, 3.8) is 0 Å². The molecule has 1 aliphatic heterocycles. The highest BCUT2D eigenvalue weighted by Crippen LogP contribution is 2.40. The number of halogens is 1. The maximum absolute atomic E-state index is 6.65. The van der Waals surface area contributed by atoms with E-state index in [9.17, 15) is 0 Å². The third-order valence-electron chi connectivity index (χ3n) is 6.54. The Bertz CT molecular complexity index is 1380. The van der Waals surface area contributed by atoms with Crippen molar-refractivity contribution in [3.05, 3.63) is 46.7 Å². The van der Waals surface area contributed by atoms with E-state index in [1.165, 1.54) is 12.8 Å². The van der Waals surface area contributed by atoms with Crippen molar-refractivity contribution in [2.24, 2.45) is 0 Å². The topological polar surface area (TPSA) is 83.7 Å². The number of aromatic nitrogens is 5. The molecule has 2 atom stereocenters. The SMILES string of the molecule is Cc1nc2ccc(C3CC3)nc2n2c(-c3cc(OCC(C)OC4CCCCO4)ccc3Cl)nnc12. The molecule has 182 valence electrons. The molecule has 3 aromatic heterocycles. The highest BCUT2D eigenvalue weighted by molar-refractivity contribution is 6.33. The van der Waals surface area contributed by atoms with E-state index < -0.39 is 0 Å². The largest absolute Gasteiger partial charge is 0.491 e. The summed E-state index contributed by atoms with van der Waals surface area (Å²) in [6, 6.07) is 9.68. The number of aryl methyl sites for hydroxylation is 1. The number of fused-ring (bicyclic) bond motifs is 3. The number of hydrogen-bond donors (Lipinski definition) is 0. The molecule has 0 N–H and O–H groups in total. The molecule has 9 heteroatoms. The van der Waals surface area contributed by atoms with Crippen molar-refractivity contribution in [1.82, 2.24) is 24.6 Å². The van der Waals surface area contributed by atoms with Gasteiger partial charge in [0.25, 0.3) is 0 Å². The third kappa shape index (κ3) is 4.58. The zero-order chi connectivity index (χ0) is 23.9. The van der Waals surface area contributed by atoms with Crippen LogP contribution in [0.1, 0.15) is 56.3 Å². The van der Waals surface area contributed by atoms with Gasteiger partial charge in [0.05, 0.1) is 16.8 Å². The smallest absolute Gasteiger partial charge is 0.184 e.